The maximum atomic E-state index is 12.2. The van der Waals surface area contributed by atoms with Crippen LogP contribution in [0.2, 0.25) is 0 Å². The van der Waals surface area contributed by atoms with E-state index in [2.05, 4.69) is 61.4 Å². The summed E-state index contributed by atoms with van der Waals surface area (Å²) >= 11 is 0. The van der Waals surface area contributed by atoms with Crippen LogP contribution in [0.5, 0.6) is 0 Å². The van der Waals surface area contributed by atoms with E-state index in [0.29, 0.717) is 13.0 Å². The van der Waals surface area contributed by atoms with Crippen LogP contribution in [0.3, 0.4) is 0 Å². The van der Waals surface area contributed by atoms with Gasteiger partial charge in [-0.3, -0.25) is 9.69 Å². The zero-order valence-electron chi connectivity index (χ0n) is 17.1. The Balaban J connectivity index is 1.28. The molecule has 30 heavy (non-hydrogen) atoms. The van der Waals surface area contributed by atoms with E-state index in [4.69, 9.17) is 0 Å². The van der Waals surface area contributed by atoms with Crippen molar-refractivity contribution in [3.8, 4) is 0 Å². The fourth-order valence-corrected chi connectivity index (χ4v) is 3.66. The number of aromatic nitrogens is 3. The van der Waals surface area contributed by atoms with E-state index >= 15 is 0 Å². The molecule has 0 bridgehead atoms. The molecule has 2 heterocycles. The third kappa shape index (κ3) is 5.42. The first-order valence-electron chi connectivity index (χ1n) is 10.4. The molecule has 1 amide bonds. The molecule has 0 fully saturated rings. The highest BCUT2D eigenvalue weighted by atomic mass is 16.1. The molecule has 1 aliphatic rings. The van der Waals surface area contributed by atoms with Gasteiger partial charge in [0, 0.05) is 32.6 Å². The lowest BCUT2D eigenvalue weighted by atomic mass is 10.1. The van der Waals surface area contributed by atoms with Gasteiger partial charge in [0.2, 0.25) is 5.91 Å². The average Bonchev–Trinajstić information content (AvgIpc) is 3.05. The van der Waals surface area contributed by atoms with Gasteiger partial charge in [0.05, 0.1) is 13.0 Å². The van der Waals surface area contributed by atoms with Crippen LogP contribution < -0.4 is 5.32 Å². The Morgan fingerprint density at radius 2 is 1.73 bits per heavy atom. The number of fused-ring (bicyclic) bond motifs is 1. The summed E-state index contributed by atoms with van der Waals surface area (Å²) in [6.07, 6.45) is 5.62. The van der Waals surface area contributed by atoms with E-state index in [1.54, 1.807) is 0 Å². The van der Waals surface area contributed by atoms with E-state index in [1.165, 1.54) is 5.56 Å². The Morgan fingerprint density at radius 3 is 2.53 bits per heavy atom. The number of carbonyl (C=O) groups excluding carboxylic acids is 1. The Kier molecular flexibility index (Phi) is 6.67. The van der Waals surface area contributed by atoms with E-state index < -0.39 is 0 Å². The van der Waals surface area contributed by atoms with Gasteiger partial charge in [-0.1, -0.05) is 72.8 Å². The van der Waals surface area contributed by atoms with Crippen molar-refractivity contribution in [3.63, 3.8) is 0 Å². The minimum absolute atomic E-state index is 0.000141. The fraction of sp³-hybridized carbons (Fsp3) is 0.292. The summed E-state index contributed by atoms with van der Waals surface area (Å²) < 4.78 is 2.16. The van der Waals surface area contributed by atoms with Crippen LogP contribution in [0, 0.1) is 0 Å². The highest BCUT2D eigenvalue weighted by Gasteiger charge is 2.18. The summed E-state index contributed by atoms with van der Waals surface area (Å²) in [6.45, 7) is 4.06. The normalized spacial score (nSPS) is 14.4. The van der Waals surface area contributed by atoms with Gasteiger partial charge in [-0.2, -0.15) is 0 Å². The molecule has 0 aliphatic carbocycles. The number of hydrogen-bond donors (Lipinski definition) is 1. The molecule has 0 atom stereocenters. The van der Waals surface area contributed by atoms with Crippen molar-refractivity contribution in [1.29, 1.82) is 0 Å². The lowest BCUT2D eigenvalue weighted by Gasteiger charge is -2.17. The van der Waals surface area contributed by atoms with Gasteiger partial charge < -0.3 is 9.88 Å². The zero-order valence-corrected chi connectivity index (χ0v) is 17.1. The van der Waals surface area contributed by atoms with E-state index in [-0.39, 0.29) is 5.91 Å². The minimum Gasteiger partial charge on any atom is -0.349 e. The van der Waals surface area contributed by atoms with Crippen molar-refractivity contribution in [2.75, 3.05) is 19.6 Å². The standard InChI is InChI=1S/C24H27N5O/c30-24(18-21-10-5-2-6-11-21)25-19-23-27-26-22-13-15-28(16-17-29(22)23)14-7-12-20-8-3-1-4-9-20/h1-12H,13-19H2,(H,25,30). The number of carbonyl (C=O) groups is 1. The van der Waals surface area contributed by atoms with E-state index in [9.17, 15) is 4.79 Å². The van der Waals surface area contributed by atoms with Gasteiger partial charge in [-0.25, -0.2) is 0 Å². The quantitative estimate of drug-likeness (QED) is 0.661. The molecule has 2 aromatic carbocycles. The fourth-order valence-electron chi connectivity index (χ4n) is 3.66. The molecule has 0 saturated heterocycles. The highest BCUT2D eigenvalue weighted by Crippen LogP contribution is 2.10. The number of nitrogens with zero attached hydrogens (tertiary/aromatic N) is 4. The predicted octanol–water partition coefficient (Wildman–Crippen LogP) is 2.71. The Labute approximate surface area is 177 Å². The Hall–Kier alpha value is -3.25. The number of amides is 1. The topological polar surface area (TPSA) is 63.1 Å². The van der Waals surface area contributed by atoms with Crippen LogP contribution in [0.15, 0.2) is 66.7 Å². The highest BCUT2D eigenvalue weighted by molar-refractivity contribution is 5.78. The SMILES string of the molecule is O=C(Cc1ccccc1)NCc1nnc2n1CCN(CC=Cc1ccccc1)CC2. The van der Waals surface area contributed by atoms with Crippen molar-refractivity contribution in [2.24, 2.45) is 0 Å². The molecular weight excluding hydrogens is 374 g/mol. The lowest BCUT2D eigenvalue weighted by molar-refractivity contribution is -0.120. The molecule has 6 heteroatoms. The minimum atomic E-state index is -0.000141. The molecule has 0 unspecified atom stereocenters. The smallest absolute Gasteiger partial charge is 0.224 e. The first kappa shape index (κ1) is 20.0. The molecule has 1 N–H and O–H groups in total. The second-order valence-electron chi connectivity index (χ2n) is 7.49. The Morgan fingerprint density at radius 1 is 0.967 bits per heavy atom. The second-order valence-corrected chi connectivity index (χ2v) is 7.49. The monoisotopic (exact) mass is 401 g/mol. The van der Waals surface area contributed by atoms with Gasteiger partial charge in [0.25, 0.3) is 0 Å². The van der Waals surface area contributed by atoms with Crippen LogP contribution in [-0.4, -0.2) is 45.2 Å². The summed E-state index contributed by atoms with van der Waals surface area (Å²) in [4.78, 5) is 14.7. The summed E-state index contributed by atoms with van der Waals surface area (Å²) in [5.41, 5.74) is 2.23. The maximum absolute atomic E-state index is 12.2. The van der Waals surface area contributed by atoms with Crippen molar-refractivity contribution >= 4 is 12.0 Å². The molecule has 154 valence electrons. The average molecular weight is 402 g/mol. The molecule has 0 saturated carbocycles. The molecule has 6 nitrogen and oxygen atoms in total. The zero-order chi connectivity index (χ0) is 20.6. The van der Waals surface area contributed by atoms with E-state index in [1.807, 2.05) is 36.4 Å². The van der Waals surface area contributed by atoms with Gasteiger partial charge in [0.1, 0.15) is 5.82 Å². The molecule has 0 radical (unpaired) electrons. The van der Waals surface area contributed by atoms with Crippen molar-refractivity contribution in [1.82, 2.24) is 25.0 Å². The molecule has 1 aliphatic heterocycles. The molecule has 4 rings (SSSR count). The third-order valence-electron chi connectivity index (χ3n) is 5.32. The predicted molar refractivity (Wildman–Crippen MR) is 118 cm³/mol. The van der Waals surface area contributed by atoms with Crippen LogP contribution in [0.1, 0.15) is 22.8 Å². The number of rotatable bonds is 7. The van der Waals surface area contributed by atoms with Crippen LogP contribution in [0.25, 0.3) is 6.08 Å². The number of benzene rings is 2. The van der Waals surface area contributed by atoms with Crippen LogP contribution >= 0.6 is 0 Å². The molecule has 1 aromatic heterocycles. The maximum Gasteiger partial charge on any atom is 0.224 e. The third-order valence-corrected chi connectivity index (χ3v) is 5.32. The molecular formula is C24H27N5O. The second kappa shape index (κ2) is 9.98. The van der Waals surface area contributed by atoms with Crippen molar-refractivity contribution in [3.05, 3.63) is 89.5 Å². The van der Waals surface area contributed by atoms with Crippen LogP contribution in [-0.2, 0) is 30.7 Å². The van der Waals surface area contributed by atoms with Gasteiger partial charge >= 0.3 is 0 Å². The Bertz CT molecular complexity index is 981. The first-order valence-corrected chi connectivity index (χ1v) is 10.4. The van der Waals surface area contributed by atoms with Gasteiger partial charge in [0.15, 0.2) is 5.82 Å². The lowest BCUT2D eigenvalue weighted by Crippen LogP contribution is -2.28. The first-order chi connectivity index (χ1) is 14.8. The summed E-state index contributed by atoms with van der Waals surface area (Å²) in [5, 5.41) is 11.6. The van der Waals surface area contributed by atoms with Crippen molar-refractivity contribution in [2.45, 2.75) is 25.9 Å². The molecule has 0 spiro atoms. The van der Waals surface area contributed by atoms with Gasteiger partial charge in [-0.05, 0) is 11.1 Å². The molecule has 3 aromatic rings. The van der Waals surface area contributed by atoms with Crippen molar-refractivity contribution < 1.29 is 4.79 Å². The number of hydrogen-bond acceptors (Lipinski definition) is 4. The summed E-state index contributed by atoms with van der Waals surface area (Å²) in [7, 11) is 0. The summed E-state index contributed by atoms with van der Waals surface area (Å²) in [6, 6.07) is 20.1. The van der Waals surface area contributed by atoms with Gasteiger partial charge in [-0.15, -0.1) is 10.2 Å². The summed E-state index contributed by atoms with van der Waals surface area (Å²) in [5.74, 6) is 1.82. The number of nitrogens with one attached hydrogen (secondary N) is 1. The van der Waals surface area contributed by atoms with Crippen LogP contribution in [0.4, 0.5) is 0 Å². The van der Waals surface area contributed by atoms with E-state index in [0.717, 1.165) is 49.8 Å². The largest absolute Gasteiger partial charge is 0.349 e.